The van der Waals surface area contributed by atoms with Crippen LogP contribution in [0.1, 0.15) is 24.0 Å². The molecule has 0 saturated carbocycles. The average Bonchev–Trinajstić information content (AvgIpc) is 3.04. The Labute approximate surface area is 167 Å². The first-order valence-corrected chi connectivity index (χ1v) is 10.5. The molecule has 27 heavy (non-hydrogen) atoms. The highest BCUT2D eigenvalue weighted by atomic mass is 35.5. The maximum absolute atomic E-state index is 12.7. The van der Waals surface area contributed by atoms with E-state index in [1.807, 2.05) is 0 Å². The largest absolute Gasteiger partial charge is 0.394 e. The van der Waals surface area contributed by atoms with Gasteiger partial charge in [0, 0.05) is 18.0 Å². The van der Waals surface area contributed by atoms with Crippen LogP contribution >= 0.6 is 23.2 Å². The van der Waals surface area contributed by atoms with E-state index in [-0.39, 0.29) is 35.4 Å². The van der Waals surface area contributed by atoms with E-state index in [0.29, 0.717) is 17.0 Å². The minimum Gasteiger partial charge on any atom is -0.394 e. The van der Waals surface area contributed by atoms with E-state index in [1.165, 1.54) is 12.1 Å². The highest BCUT2D eigenvalue weighted by Crippen LogP contribution is 2.34. The summed E-state index contributed by atoms with van der Waals surface area (Å²) in [4.78, 5) is 11.5. The highest BCUT2D eigenvalue weighted by Gasteiger charge is 2.39. The molecule has 1 atom stereocenters. The van der Waals surface area contributed by atoms with E-state index in [2.05, 4.69) is 10.0 Å². The molecule has 1 saturated heterocycles. The van der Waals surface area contributed by atoms with E-state index < -0.39 is 15.6 Å². The predicted molar refractivity (Wildman–Crippen MR) is 103 cm³/mol. The van der Waals surface area contributed by atoms with Crippen LogP contribution in [0.25, 0.3) is 0 Å². The number of aliphatic hydroxyl groups is 1. The van der Waals surface area contributed by atoms with Crippen molar-refractivity contribution in [3.8, 4) is 0 Å². The quantitative estimate of drug-likeness (QED) is 0.658. The van der Waals surface area contributed by atoms with Crippen LogP contribution in [-0.4, -0.2) is 26.0 Å². The van der Waals surface area contributed by atoms with Crippen molar-refractivity contribution < 1.29 is 18.3 Å². The average molecular weight is 429 g/mol. The van der Waals surface area contributed by atoms with Crippen LogP contribution in [0, 0.1) is 0 Å². The number of hydrogen-bond donors (Lipinski definition) is 3. The molecule has 0 bridgehead atoms. The number of aliphatic hydroxyl groups excluding tert-OH is 1. The van der Waals surface area contributed by atoms with Crippen molar-refractivity contribution in [1.29, 1.82) is 0 Å². The third-order valence-electron chi connectivity index (χ3n) is 4.58. The lowest BCUT2D eigenvalue weighted by Crippen LogP contribution is -2.42. The van der Waals surface area contributed by atoms with Crippen LogP contribution in [0.2, 0.25) is 10.0 Å². The Kier molecular flexibility index (Phi) is 5.79. The van der Waals surface area contributed by atoms with Crippen molar-refractivity contribution >= 4 is 39.1 Å². The number of amides is 1. The van der Waals surface area contributed by atoms with Gasteiger partial charge in [0.2, 0.25) is 15.9 Å². The molecule has 0 spiro atoms. The SMILES string of the molecule is O=C1CCC(CO)(c2ccc(Cl)c(S(=O)(=O)NCc3ccc(Cl)cc3)c2)N1. The molecule has 1 unspecified atom stereocenters. The summed E-state index contributed by atoms with van der Waals surface area (Å²) < 4.78 is 28.0. The van der Waals surface area contributed by atoms with Gasteiger partial charge in [-0.1, -0.05) is 41.4 Å². The summed E-state index contributed by atoms with van der Waals surface area (Å²) in [6.07, 6.45) is 0.641. The third kappa shape index (κ3) is 4.28. The minimum atomic E-state index is -3.91. The van der Waals surface area contributed by atoms with Gasteiger partial charge in [-0.25, -0.2) is 13.1 Å². The first-order valence-electron chi connectivity index (χ1n) is 8.22. The molecule has 0 aliphatic carbocycles. The molecule has 3 rings (SSSR count). The number of hydrogen-bond acceptors (Lipinski definition) is 4. The van der Waals surface area contributed by atoms with Gasteiger partial charge in [-0.3, -0.25) is 4.79 Å². The number of carbonyl (C=O) groups is 1. The van der Waals surface area contributed by atoms with Crippen molar-refractivity contribution in [1.82, 2.24) is 10.0 Å². The molecule has 1 amide bonds. The van der Waals surface area contributed by atoms with E-state index in [1.54, 1.807) is 30.3 Å². The zero-order chi connectivity index (χ0) is 19.7. The smallest absolute Gasteiger partial charge is 0.242 e. The van der Waals surface area contributed by atoms with E-state index in [9.17, 15) is 18.3 Å². The fourth-order valence-corrected chi connectivity index (χ4v) is 4.68. The van der Waals surface area contributed by atoms with Gasteiger partial charge >= 0.3 is 0 Å². The summed E-state index contributed by atoms with van der Waals surface area (Å²) in [6.45, 7) is -0.264. The molecule has 2 aromatic carbocycles. The summed E-state index contributed by atoms with van der Waals surface area (Å²) in [5.74, 6) is -0.190. The maximum Gasteiger partial charge on any atom is 0.242 e. The second-order valence-corrected chi connectivity index (χ2v) is 8.96. The van der Waals surface area contributed by atoms with Crippen LogP contribution in [0.4, 0.5) is 0 Å². The topological polar surface area (TPSA) is 95.5 Å². The molecule has 2 aromatic rings. The summed E-state index contributed by atoms with van der Waals surface area (Å²) >= 11 is 11.9. The van der Waals surface area contributed by atoms with Crippen LogP contribution in [0.15, 0.2) is 47.4 Å². The second-order valence-electron chi connectivity index (χ2n) is 6.38. The van der Waals surface area contributed by atoms with Gasteiger partial charge < -0.3 is 10.4 Å². The van der Waals surface area contributed by atoms with Crippen LogP contribution in [0.3, 0.4) is 0 Å². The monoisotopic (exact) mass is 428 g/mol. The first-order chi connectivity index (χ1) is 12.8. The molecular formula is C18H18Cl2N2O4S. The van der Waals surface area contributed by atoms with Gasteiger partial charge in [-0.2, -0.15) is 0 Å². The fraction of sp³-hybridized carbons (Fsp3) is 0.278. The van der Waals surface area contributed by atoms with Gasteiger partial charge in [0.1, 0.15) is 4.90 Å². The summed E-state index contributed by atoms with van der Waals surface area (Å²) in [7, 11) is -3.91. The summed E-state index contributed by atoms with van der Waals surface area (Å²) in [6, 6.07) is 11.3. The summed E-state index contributed by atoms with van der Waals surface area (Å²) in [5, 5.41) is 13.2. The molecule has 9 heteroatoms. The zero-order valence-electron chi connectivity index (χ0n) is 14.2. The van der Waals surface area contributed by atoms with Crippen LogP contribution in [0.5, 0.6) is 0 Å². The molecule has 0 radical (unpaired) electrons. The molecule has 6 nitrogen and oxygen atoms in total. The van der Waals surface area contributed by atoms with Gasteiger partial charge in [0.05, 0.1) is 17.2 Å². The number of nitrogens with one attached hydrogen (secondary N) is 2. The lowest BCUT2D eigenvalue weighted by Gasteiger charge is -2.28. The molecule has 3 N–H and O–H groups in total. The molecular weight excluding hydrogens is 411 g/mol. The Balaban J connectivity index is 1.88. The Hall–Kier alpha value is -1.64. The number of carbonyl (C=O) groups excluding carboxylic acids is 1. The van der Waals surface area contributed by atoms with E-state index in [0.717, 1.165) is 5.56 Å². The van der Waals surface area contributed by atoms with Gasteiger partial charge in [0.15, 0.2) is 0 Å². The van der Waals surface area contributed by atoms with Crippen molar-refractivity contribution in [2.75, 3.05) is 6.61 Å². The minimum absolute atomic E-state index is 0.0553. The van der Waals surface area contributed by atoms with Crippen LogP contribution < -0.4 is 10.0 Å². The van der Waals surface area contributed by atoms with E-state index in [4.69, 9.17) is 23.2 Å². The second kappa shape index (κ2) is 7.77. The Bertz CT molecular complexity index is 964. The fourth-order valence-electron chi connectivity index (χ4n) is 3.01. The molecule has 1 aliphatic heterocycles. The maximum atomic E-state index is 12.7. The zero-order valence-corrected chi connectivity index (χ0v) is 16.5. The number of rotatable bonds is 6. The first kappa shape index (κ1) is 20.1. The van der Waals surface area contributed by atoms with Crippen molar-refractivity contribution in [2.24, 2.45) is 0 Å². The lowest BCUT2D eigenvalue weighted by molar-refractivity contribution is -0.120. The third-order valence-corrected chi connectivity index (χ3v) is 6.72. The normalized spacial score (nSPS) is 19.9. The molecule has 0 aromatic heterocycles. The van der Waals surface area contributed by atoms with Crippen molar-refractivity contribution in [3.05, 3.63) is 63.6 Å². The molecule has 1 fully saturated rings. The van der Waals surface area contributed by atoms with Gasteiger partial charge in [-0.05, 0) is 41.8 Å². The lowest BCUT2D eigenvalue weighted by atomic mass is 9.89. The van der Waals surface area contributed by atoms with Gasteiger partial charge in [-0.15, -0.1) is 0 Å². The van der Waals surface area contributed by atoms with Gasteiger partial charge in [0.25, 0.3) is 0 Å². The highest BCUT2D eigenvalue weighted by molar-refractivity contribution is 7.89. The molecule has 1 aliphatic rings. The van der Waals surface area contributed by atoms with Crippen LogP contribution in [-0.2, 0) is 26.9 Å². The molecule has 144 valence electrons. The Morgan fingerprint density at radius 1 is 1.15 bits per heavy atom. The number of sulfonamides is 1. The summed E-state index contributed by atoms with van der Waals surface area (Å²) in [5.41, 5.74) is 0.236. The predicted octanol–water partition coefficient (Wildman–Crippen LogP) is 2.57. The van der Waals surface area contributed by atoms with Crippen molar-refractivity contribution in [3.63, 3.8) is 0 Å². The molecule has 1 heterocycles. The number of halogens is 2. The number of benzene rings is 2. The van der Waals surface area contributed by atoms with Crippen molar-refractivity contribution in [2.45, 2.75) is 29.8 Å². The Morgan fingerprint density at radius 3 is 2.44 bits per heavy atom. The standard InChI is InChI=1S/C18H18Cl2N2O4S/c19-14-4-1-12(2-5-14)10-21-27(25,26)16-9-13(3-6-15(16)20)18(11-23)8-7-17(24)22-18/h1-6,9,21,23H,7-8,10-11H2,(H,22,24). The Morgan fingerprint density at radius 2 is 1.85 bits per heavy atom. The van der Waals surface area contributed by atoms with E-state index >= 15 is 0 Å².